The number of non-ortho nitro benzene ring substituents is 1. The number of nitro benzene ring substituents is 1. The topological polar surface area (TPSA) is 252 Å². The number of azo groups is 2. The van der Waals surface area contributed by atoms with Gasteiger partial charge in [0.05, 0.1) is 32.3 Å². The van der Waals surface area contributed by atoms with Crippen molar-refractivity contribution in [2.24, 2.45) is 32.3 Å². The average molecular weight is 648 g/mol. The van der Waals surface area contributed by atoms with Crippen LogP contribution < -0.4 is 11.8 Å². The number of phenolic OH excluding ortho intramolecular Hbond substituents is 1. The number of nitrogens with zero attached hydrogens (tertiary/aromatic N) is 5. The van der Waals surface area contributed by atoms with Gasteiger partial charge in [0.25, 0.3) is 5.69 Å². The molecule has 0 heterocycles. The van der Waals surface area contributed by atoms with Crippen molar-refractivity contribution in [1.29, 1.82) is 0 Å². The van der Waals surface area contributed by atoms with Crippen molar-refractivity contribution in [2.45, 2.75) is 16.7 Å². The van der Waals surface area contributed by atoms with Crippen molar-refractivity contribution in [3.8, 4) is 5.75 Å². The predicted molar refractivity (Wildman–Crippen MR) is 155 cm³/mol. The van der Waals surface area contributed by atoms with Crippen LogP contribution in [0.2, 0.25) is 0 Å². The molecule has 0 saturated carbocycles. The summed E-state index contributed by atoms with van der Waals surface area (Å²) >= 11 is 0. The third-order valence-corrected chi connectivity index (χ3v) is 7.79. The minimum Gasteiger partial charge on any atom is -0.505 e. The second-order valence-corrected chi connectivity index (χ2v) is 11.3. The molecule has 20 heteroatoms. The van der Waals surface area contributed by atoms with E-state index in [2.05, 4.69) is 29.0 Å². The maximum atomic E-state index is 12.7. The van der Waals surface area contributed by atoms with Crippen molar-refractivity contribution in [3.05, 3.63) is 82.4 Å². The molecule has 43 heavy (non-hydrogen) atoms. The summed E-state index contributed by atoms with van der Waals surface area (Å²) in [5.41, 5.74) is 0.0676. The van der Waals surface area contributed by atoms with Gasteiger partial charge >= 0.3 is 20.2 Å². The minimum atomic E-state index is -4.74. The third-order valence-electron chi connectivity index (χ3n) is 5.62. The summed E-state index contributed by atoms with van der Waals surface area (Å²) in [4.78, 5) is 8.98. The molecule has 0 bridgehead atoms. The molecule has 0 aromatic heterocycles. The van der Waals surface area contributed by atoms with Crippen molar-refractivity contribution < 1.29 is 35.4 Å². The van der Waals surface area contributed by atoms with Gasteiger partial charge in [-0.3, -0.25) is 10.1 Å². The first-order chi connectivity index (χ1) is 19.4. The van der Waals surface area contributed by atoms with E-state index >= 15 is 0 Å². The first-order valence-corrected chi connectivity index (χ1v) is 13.9. The first-order valence-electron chi connectivity index (χ1n) is 11.1. The average Bonchev–Trinajstić information content (AvgIpc) is 2.95. The number of fused-ring (bicyclic) bond motifs is 1. The molecular weight excluding hydrogens is 628 g/mol. The number of phenols is 1. The Morgan fingerprint density at radius 2 is 1.42 bits per heavy atom. The summed E-state index contributed by atoms with van der Waals surface area (Å²) in [6.45, 7) is 1.73. The smallest absolute Gasteiger partial charge is 0.315 e. The van der Waals surface area contributed by atoms with Crippen LogP contribution in [0.5, 0.6) is 5.75 Å². The monoisotopic (exact) mass is 647 g/mol. The molecule has 4 aromatic rings. The molecule has 0 amide bonds. The van der Waals surface area contributed by atoms with Gasteiger partial charge in [0.2, 0.25) is 0 Å². The van der Waals surface area contributed by atoms with E-state index in [1.165, 1.54) is 24.3 Å². The summed E-state index contributed by atoms with van der Waals surface area (Å²) in [6.07, 6.45) is 0. The Bertz CT molecular complexity index is 1960. The Hall–Kier alpha value is -2.72. The zero-order chi connectivity index (χ0) is 29.9. The van der Waals surface area contributed by atoms with Gasteiger partial charge in [-0.1, -0.05) is 18.2 Å². The normalized spacial score (nSPS) is 11.9. The molecule has 0 atom stereocenters. The fraction of sp³-hybridized carbons (Fsp3) is 0.0435. The fourth-order valence-corrected chi connectivity index (χ4v) is 4.98. The Labute approximate surface area is 288 Å². The SMILES string of the molecule is Cc1ccccc1N=Nc1c(S(=O)(=O)ON)cc2cc(S(=O)(=O)ON)cc(N=Nc3ccc([N+](=O)[O-])cc3)c2c1O.[Na].[Na]. The number of benzene rings is 4. The van der Waals surface area contributed by atoms with E-state index < -0.39 is 46.4 Å². The van der Waals surface area contributed by atoms with Crippen molar-refractivity contribution in [1.82, 2.24) is 0 Å². The Kier molecular flexibility index (Phi) is 12.6. The molecule has 2 radical (unpaired) electrons. The molecule has 4 rings (SSSR count). The van der Waals surface area contributed by atoms with Gasteiger partial charge in [0, 0.05) is 71.2 Å². The van der Waals surface area contributed by atoms with Gasteiger partial charge in [-0.15, -0.1) is 10.2 Å². The molecule has 0 saturated heterocycles. The molecule has 0 aliphatic rings. The number of hydrogen-bond donors (Lipinski definition) is 3. The van der Waals surface area contributed by atoms with E-state index in [-0.39, 0.29) is 86.9 Å². The van der Waals surface area contributed by atoms with Crippen LogP contribution in [0.15, 0.2) is 97.0 Å². The van der Waals surface area contributed by atoms with Crippen molar-refractivity contribution in [3.63, 3.8) is 0 Å². The summed E-state index contributed by atoms with van der Waals surface area (Å²) in [5, 5.41) is 37.7. The zero-order valence-electron chi connectivity index (χ0n) is 22.8. The van der Waals surface area contributed by atoms with Gasteiger partial charge in [-0.2, -0.15) is 47.4 Å². The summed E-state index contributed by atoms with van der Waals surface area (Å²) in [7, 11) is -9.31. The van der Waals surface area contributed by atoms with Crippen LogP contribution in [0.1, 0.15) is 5.56 Å². The van der Waals surface area contributed by atoms with Crippen LogP contribution in [0.25, 0.3) is 10.8 Å². The van der Waals surface area contributed by atoms with E-state index in [0.717, 1.165) is 18.2 Å². The van der Waals surface area contributed by atoms with Crippen LogP contribution in [-0.4, -0.2) is 86.0 Å². The zero-order valence-corrected chi connectivity index (χ0v) is 28.4. The second-order valence-electron chi connectivity index (χ2n) is 8.17. The van der Waals surface area contributed by atoms with Crippen LogP contribution in [0.4, 0.5) is 28.4 Å². The van der Waals surface area contributed by atoms with Gasteiger partial charge < -0.3 is 5.11 Å². The van der Waals surface area contributed by atoms with Gasteiger partial charge in [0.1, 0.15) is 10.6 Å². The predicted octanol–water partition coefficient (Wildman–Crippen LogP) is 3.99. The maximum Gasteiger partial charge on any atom is 0.315 e. The number of nitro groups is 1. The van der Waals surface area contributed by atoms with Gasteiger partial charge in [-0.05, 0) is 54.3 Å². The van der Waals surface area contributed by atoms with Crippen LogP contribution in [0, 0.1) is 17.0 Å². The quantitative estimate of drug-likeness (QED) is 0.101. The van der Waals surface area contributed by atoms with E-state index in [1.54, 1.807) is 31.2 Å². The molecule has 16 nitrogen and oxygen atoms in total. The number of nitrogens with two attached hydrogens (primary N) is 2. The molecule has 5 N–H and O–H groups in total. The fourth-order valence-electron chi connectivity index (χ4n) is 3.59. The van der Waals surface area contributed by atoms with Crippen LogP contribution in [0.3, 0.4) is 0 Å². The first kappa shape index (κ1) is 36.5. The molecule has 4 aromatic carbocycles. The third kappa shape index (κ3) is 8.06. The Morgan fingerprint density at radius 1 is 0.814 bits per heavy atom. The van der Waals surface area contributed by atoms with Crippen molar-refractivity contribution in [2.75, 3.05) is 0 Å². The molecule has 0 unspecified atom stereocenters. The number of aromatic hydroxyl groups is 1. The molecular formula is C23H19N7Na2O9S2. The maximum absolute atomic E-state index is 12.7. The number of aryl methyl sites for hydroxylation is 1. The van der Waals surface area contributed by atoms with E-state index in [9.17, 15) is 32.1 Å². The van der Waals surface area contributed by atoms with Gasteiger partial charge in [0.15, 0.2) is 5.75 Å². The second kappa shape index (κ2) is 14.8. The molecule has 214 valence electrons. The number of hydrogen-bond acceptors (Lipinski definition) is 15. The molecule has 0 aliphatic carbocycles. The standard InChI is InChI=1S/C23H19N7O9S2.2Na/c1-13-4-2-3-5-18(13)27-29-22-20(41(36,37)39-25)11-14-10-17(40(34,35)38-24)12-19(21(14)23(22)31)28-26-15-6-8-16(9-7-15)30(32)33;;/h2-12,31H,24-25H2,1H3;;. The van der Waals surface area contributed by atoms with Crippen LogP contribution >= 0.6 is 0 Å². The molecule has 0 aliphatic heterocycles. The summed E-state index contributed by atoms with van der Waals surface area (Å²) < 4.78 is 58.4. The summed E-state index contributed by atoms with van der Waals surface area (Å²) in [6, 6.07) is 14.5. The summed E-state index contributed by atoms with van der Waals surface area (Å²) in [5.74, 6) is 9.10. The Morgan fingerprint density at radius 3 is 2.00 bits per heavy atom. The van der Waals surface area contributed by atoms with E-state index in [0.29, 0.717) is 11.3 Å². The van der Waals surface area contributed by atoms with Crippen LogP contribution in [-0.2, 0) is 28.8 Å². The molecule has 0 fully saturated rings. The molecule has 0 spiro atoms. The number of rotatable bonds is 9. The van der Waals surface area contributed by atoms with Crippen molar-refractivity contribution >= 4 is 119 Å². The van der Waals surface area contributed by atoms with E-state index in [4.69, 9.17) is 11.8 Å². The largest absolute Gasteiger partial charge is 0.505 e. The van der Waals surface area contributed by atoms with Gasteiger partial charge in [-0.25, -0.2) is 0 Å². The minimum absolute atomic E-state index is 0. The Balaban J connectivity index is 0.00000323. The van der Waals surface area contributed by atoms with E-state index in [1.807, 2.05) is 0 Å².